The number of phenols is 3. The fourth-order valence-corrected chi connectivity index (χ4v) is 3.85. The first kappa shape index (κ1) is 22.4. The summed E-state index contributed by atoms with van der Waals surface area (Å²) in [4.78, 5) is 0. The van der Waals surface area contributed by atoms with Crippen molar-refractivity contribution >= 4 is 0 Å². The van der Waals surface area contributed by atoms with E-state index in [1.807, 2.05) is 0 Å². The van der Waals surface area contributed by atoms with Crippen molar-refractivity contribution in [1.82, 2.24) is 0 Å². The second-order valence-electron chi connectivity index (χ2n) is 7.79. The molecular formula is C21H24O11. The Balaban J connectivity index is 1.62. The summed E-state index contributed by atoms with van der Waals surface area (Å²) in [5.74, 6) is -0.811. The summed E-state index contributed by atoms with van der Waals surface area (Å²) in [6.45, 7) is -0.633. The van der Waals surface area contributed by atoms with Gasteiger partial charge >= 0.3 is 0 Å². The van der Waals surface area contributed by atoms with Crippen molar-refractivity contribution in [2.45, 2.75) is 49.3 Å². The number of aliphatic hydroxyl groups is 5. The second kappa shape index (κ2) is 8.62. The van der Waals surface area contributed by atoms with Gasteiger partial charge in [0, 0.05) is 24.1 Å². The molecule has 0 unspecified atom stereocenters. The maximum atomic E-state index is 10.7. The Morgan fingerprint density at radius 1 is 0.906 bits per heavy atom. The average Bonchev–Trinajstić information content (AvgIpc) is 2.76. The van der Waals surface area contributed by atoms with Crippen LogP contribution in [0.1, 0.15) is 17.2 Å². The molecule has 0 spiro atoms. The third kappa shape index (κ3) is 4.01. The molecule has 0 amide bonds. The number of aromatic hydroxyl groups is 3. The molecule has 174 valence electrons. The van der Waals surface area contributed by atoms with Gasteiger partial charge in [-0.05, 0) is 17.7 Å². The first-order valence-corrected chi connectivity index (χ1v) is 9.89. The first-order chi connectivity index (χ1) is 15.2. The number of aliphatic hydroxyl groups excluding tert-OH is 5. The summed E-state index contributed by atoms with van der Waals surface area (Å²) >= 11 is 0. The Morgan fingerprint density at radius 3 is 2.34 bits per heavy atom. The number of benzene rings is 2. The van der Waals surface area contributed by atoms with Crippen molar-refractivity contribution < 1.29 is 55.1 Å². The molecular weight excluding hydrogens is 428 g/mol. The fraction of sp³-hybridized carbons (Fsp3) is 0.429. The van der Waals surface area contributed by atoms with Crippen LogP contribution in [0.25, 0.3) is 0 Å². The first-order valence-electron chi connectivity index (χ1n) is 9.89. The Morgan fingerprint density at radius 2 is 1.66 bits per heavy atom. The highest BCUT2D eigenvalue weighted by Crippen LogP contribution is 2.44. The molecule has 0 radical (unpaired) electrons. The van der Waals surface area contributed by atoms with Crippen LogP contribution in [-0.4, -0.2) is 84.3 Å². The molecule has 1 fully saturated rings. The SMILES string of the molecule is OC[C@H]1O[C@@H](Oc2cc(O)cc3c2C[C@@H](O)[C@H](c2ccc(O)c(O)c2)O3)[C@H](O)[C@@H](O)[C@@H]1O. The minimum atomic E-state index is -1.66. The standard InChI is InChI=1S/C21H24O11/c22-7-16-17(27)18(28)19(29)21(32-16)31-15-5-9(23)4-14-10(15)6-13(26)20(30-14)8-1-2-11(24)12(25)3-8/h1-5,13,16-29H,6-7H2/t13-,16-,17-,18+,19-,20+,21-/m1/s1. The molecule has 2 aliphatic rings. The number of hydrogen-bond acceptors (Lipinski definition) is 11. The molecule has 2 aromatic rings. The zero-order valence-corrected chi connectivity index (χ0v) is 16.6. The van der Waals surface area contributed by atoms with Gasteiger partial charge in [-0.25, -0.2) is 0 Å². The lowest BCUT2D eigenvalue weighted by Crippen LogP contribution is -2.60. The van der Waals surface area contributed by atoms with Gasteiger partial charge in [-0.3, -0.25) is 0 Å². The molecule has 11 heteroatoms. The van der Waals surface area contributed by atoms with Crippen molar-refractivity contribution in [3.8, 4) is 28.7 Å². The van der Waals surface area contributed by atoms with Gasteiger partial charge < -0.3 is 55.1 Å². The zero-order chi connectivity index (χ0) is 23.2. The van der Waals surface area contributed by atoms with Crippen molar-refractivity contribution in [3.05, 3.63) is 41.5 Å². The summed E-state index contributed by atoms with van der Waals surface area (Å²) < 4.78 is 16.8. The van der Waals surface area contributed by atoms with Crippen molar-refractivity contribution in [1.29, 1.82) is 0 Å². The van der Waals surface area contributed by atoms with Crippen LogP contribution >= 0.6 is 0 Å². The second-order valence-corrected chi connectivity index (χ2v) is 7.79. The monoisotopic (exact) mass is 452 g/mol. The maximum Gasteiger partial charge on any atom is 0.229 e. The predicted molar refractivity (Wildman–Crippen MR) is 105 cm³/mol. The predicted octanol–water partition coefficient (Wildman–Crippen LogP) is -0.981. The van der Waals surface area contributed by atoms with Crippen LogP contribution in [0.5, 0.6) is 28.7 Å². The van der Waals surface area contributed by atoms with Gasteiger partial charge in [0.1, 0.15) is 47.8 Å². The number of fused-ring (bicyclic) bond motifs is 1. The largest absolute Gasteiger partial charge is 0.508 e. The summed E-state index contributed by atoms with van der Waals surface area (Å²) in [6, 6.07) is 6.49. The minimum Gasteiger partial charge on any atom is -0.508 e. The van der Waals surface area contributed by atoms with E-state index in [0.29, 0.717) is 11.1 Å². The highest BCUT2D eigenvalue weighted by molar-refractivity contribution is 5.52. The van der Waals surface area contributed by atoms with Crippen molar-refractivity contribution in [2.75, 3.05) is 6.61 Å². The highest BCUT2D eigenvalue weighted by atomic mass is 16.7. The molecule has 2 heterocycles. The van der Waals surface area contributed by atoms with Gasteiger partial charge in [-0.2, -0.15) is 0 Å². The summed E-state index contributed by atoms with van der Waals surface area (Å²) in [6.07, 6.45) is -9.56. The van der Waals surface area contributed by atoms with E-state index in [1.165, 1.54) is 30.3 Å². The van der Waals surface area contributed by atoms with E-state index in [-0.39, 0.29) is 35.2 Å². The zero-order valence-electron chi connectivity index (χ0n) is 16.6. The number of hydrogen-bond donors (Lipinski definition) is 8. The van der Waals surface area contributed by atoms with Crippen LogP contribution in [0.3, 0.4) is 0 Å². The molecule has 4 rings (SSSR count). The Bertz CT molecular complexity index is 978. The van der Waals surface area contributed by atoms with Crippen LogP contribution in [-0.2, 0) is 11.2 Å². The van der Waals surface area contributed by atoms with Gasteiger partial charge in [0.2, 0.25) is 6.29 Å². The molecule has 32 heavy (non-hydrogen) atoms. The van der Waals surface area contributed by atoms with E-state index in [0.717, 1.165) is 0 Å². The third-order valence-electron chi connectivity index (χ3n) is 5.59. The molecule has 7 atom stereocenters. The lowest BCUT2D eigenvalue weighted by atomic mass is 9.93. The van der Waals surface area contributed by atoms with Crippen LogP contribution < -0.4 is 9.47 Å². The van der Waals surface area contributed by atoms with Gasteiger partial charge in [0.05, 0.1) is 12.7 Å². The van der Waals surface area contributed by atoms with Crippen molar-refractivity contribution in [2.24, 2.45) is 0 Å². The fourth-order valence-electron chi connectivity index (χ4n) is 3.85. The molecule has 0 bridgehead atoms. The van der Waals surface area contributed by atoms with Gasteiger partial charge in [0.25, 0.3) is 0 Å². The van der Waals surface area contributed by atoms with Gasteiger partial charge in [0.15, 0.2) is 11.5 Å². The van der Waals surface area contributed by atoms with E-state index < -0.39 is 49.5 Å². The number of phenolic OH excluding ortho intramolecular Hbond substituents is 3. The third-order valence-corrected chi connectivity index (χ3v) is 5.59. The van der Waals surface area contributed by atoms with E-state index in [9.17, 15) is 40.9 Å². The molecule has 8 N–H and O–H groups in total. The van der Waals surface area contributed by atoms with Gasteiger partial charge in [-0.15, -0.1) is 0 Å². The minimum absolute atomic E-state index is 0.00428. The Hall–Kier alpha value is -2.80. The maximum absolute atomic E-state index is 10.7. The van der Waals surface area contributed by atoms with E-state index in [4.69, 9.17) is 14.2 Å². The smallest absolute Gasteiger partial charge is 0.229 e. The van der Waals surface area contributed by atoms with Gasteiger partial charge in [-0.1, -0.05) is 6.07 Å². The quantitative estimate of drug-likeness (QED) is 0.266. The lowest BCUT2D eigenvalue weighted by Gasteiger charge is -2.40. The topological polar surface area (TPSA) is 190 Å². The molecule has 2 aromatic carbocycles. The Kier molecular flexibility index (Phi) is 6.03. The number of ether oxygens (including phenoxy) is 3. The molecule has 0 saturated carbocycles. The molecule has 0 aliphatic carbocycles. The number of rotatable bonds is 4. The summed E-state index contributed by atoms with van der Waals surface area (Å²) in [7, 11) is 0. The van der Waals surface area contributed by atoms with Crippen LogP contribution in [0.15, 0.2) is 30.3 Å². The van der Waals surface area contributed by atoms with Crippen LogP contribution in [0.4, 0.5) is 0 Å². The molecule has 1 saturated heterocycles. The van der Waals surface area contributed by atoms with E-state index in [1.54, 1.807) is 0 Å². The van der Waals surface area contributed by atoms with Crippen LogP contribution in [0, 0.1) is 0 Å². The summed E-state index contributed by atoms with van der Waals surface area (Å²) in [5.41, 5.74) is 0.727. The average molecular weight is 452 g/mol. The summed E-state index contributed by atoms with van der Waals surface area (Å²) in [5, 5.41) is 79.5. The molecule has 0 aromatic heterocycles. The molecule has 11 nitrogen and oxygen atoms in total. The Labute approximate surface area is 181 Å². The van der Waals surface area contributed by atoms with Crippen LogP contribution in [0.2, 0.25) is 0 Å². The normalized spacial score (nSPS) is 32.1. The van der Waals surface area contributed by atoms with E-state index >= 15 is 0 Å². The van der Waals surface area contributed by atoms with Crippen molar-refractivity contribution in [3.63, 3.8) is 0 Å². The lowest BCUT2D eigenvalue weighted by molar-refractivity contribution is -0.277. The highest BCUT2D eigenvalue weighted by Gasteiger charge is 2.45. The van der Waals surface area contributed by atoms with E-state index in [2.05, 4.69) is 0 Å². The molecule has 2 aliphatic heterocycles.